The van der Waals surface area contributed by atoms with Crippen molar-refractivity contribution in [2.24, 2.45) is 0 Å². The van der Waals surface area contributed by atoms with Crippen molar-refractivity contribution >= 4 is 28.7 Å². The molecule has 0 bridgehead atoms. The number of nitrogen functional groups attached to an aromatic ring is 1. The minimum absolute atomic E-state index is 0.336. The highest BCUT2D eigenvalue weighted by Crippen LogP contribution is 2.41. The fourth-order valence-electron chi connectivity index (χ4n) is 3.45. The normalized spacial score (nSPS) is 18.5. The Labute approximate surface area is 124 Å². The molecule has 108 valence electrons. The predicted molar refractivity (Wildman–Crippen MR) is 88.2 cm³/mol. The highest BCUT2D eigenvalue weighted by molar-refractivity contribution is 8.00. The van der Waals surface area contributed by atoms with Crippen molar-refractivity contribution in [3.63, 3.8) is 0 Å². The fourth-order valence-corrected chi connectivity index (χ4v) is 4.41. The van der Waals surface area contributed by atoms with E-state index >= 15 is 0 Å². The van der Waals surface area contributed by atoms with Gasteiger partial charge in [0.2, 0.25) is 5.95 Å². The molecule has 3 rings (SSSR count). The lowest BCUT2D eigenvalue weighted by molar-refractivity contribution is 0.363. The van der Waals surface area contributed by atoms with Gasteiger partial charge < -0.3 is 10.3 Å². The lowest BCUT2D eigenvalue weighted by Crippen LogP contribution is -2.33. The second-order valence-corrected chi connectivity index (χ2v) is 7.22. The van der Waals surface area contributed by atoms with Crippen LogP contribution in [0.5, 0.6) is 0 Å². The number of benzene rings is 1. The Bertz CT molecular complexity index is 611. The monoisotopic (exact) mass is 289 g/mol. The molecule has 1 aliphatic carbocycles. The highest BCUT2D eigenvalue weighted by Gasteiger charge is 2.32. The minimum atomic E-state index is 0.336. The summed E-state index contributed by atoms with van der Waals surface area (Å²) in [6.45, 7) is 3.13. The number of para-hydroxylation sites is 1. The largest absolute Gasteiger partial charge is 0.369 e. The second-order valence-electron chi connectivity index (χ2n) is 5.95. The van der Waals surface area contributed by atoms with Crippen molar-refractivity contribution in [3.05, 3.63) is 23.8 Å². The summed E-state index contributed by atoms with van der Waals surface area (Å²) in [5, 5.41) is 0. The van der Waals surface area contributed by atoms with E-state index < -0.39 is 0 Å². The number of thioether (sulfide) groups is 1. The zero-order chi connectivity index (χ0) is 14.2. The van der Waals surface area contributed by atoms with Gasteiger partial charge in [0.1, 0.15) is 0 Å². The van der Waals surface area contributed by atoms with Gasteiger partial charge in [0.05, 0.1) is 11.0 Å². The summed E-state index contributed by atoms with van der Waals surface area (Å²) in [5.41, 5.74) is 9.69. The van der Waals surface area contributed by atoms with Gasteiger partial charge in [-0.2, -0.15) is 11.8 Å². The smallest absolute Gasteiger partial charge is 0.201 e. The van der Waals surface area contributed by atoms with Crippen molar-refractivity contribution in [2.45, 2.75) is 50.3 Å². The molecule has 4 heteroatoms. The van der Waals surface area contributed by atoms with Gasteiger partial charge >= 0.3 is 0 Å². The fraction of sp³-hybridized carbons (Fsp3) is 0.562. The second kappa shape index (κ2) is 5.32. The molecule has 0 unspecified atom stereocenters. The number of hydrogen-bond donors (Lipinski definition) is 1. The molecular weight excluding hydrogens is 266 g/mol. The molecule has 1 aromatic heterocycles. The van der Waals surface area contributed by atoms with Crippen LogP contribution < -0.4 is 5.73 Å². The van der Waals surface area contributed by atoms with E-state index in [1.165, 1.54) is 43.2 Å². The Hall–Kier alpha value is -1.16. The number of aromatic nitrogens is 2. The highest BCUT2D eigenvalue weighted by atomic mass is 32.2. The number of nitrogens with two attached hydrogens (primary N) is 1. The molecule has 0 atom stereocenters. The van der Waals surface area contributed by atoms with Crippen LogP contribution in [0.1, 0.15) is 37.7 Å². The number of fused-ring (bicyclic) bond motifs is 1. The molecule has 0 saturated heterocycles. The quantitative estimate of drug-likeness (QED) is 0.929. The van der Waals surface area contributed by atoms with Crippen molar-refractivity contribution < 1.29 is 0 Å². The van der Waals surface area contributed by atoms with Gasteiger partial charge in [0.15, 0.2) is 0 Å². The first kappa shape index (κ1) is 13.8. The van der Waals surface area contributed by atoms with Crippen molar-refractivity contribution in [1.29, 1.82) is 0 Å². The van der Waals surface area contributed by atoms with Crippen LogP contribution >= 0.6 is 11.8 Å². The van der Waals surface area contributed by atoms with Gasteiger partial charge in [-0.05, 0) is 37.7 Å². The van der Waals surface area contributed by atoms with E-state index in [0.717, 1.165) is 12.1 Å². The molecular formula is C16H23N3S. The van der Waals surface area contributed by atoms with Crippen LogP contribution in [-0.2, 0) is 6.54 Å². The van der Waals surface area contributed by atoms with Crippen molar-refractivity contribution in [2.75, 3.05) is 12.0 Å². The zero-order valence-electron chi connectivity index (χ0n) is 12.4. The molecule has 20 heavy (non-hydrogen) atoms. The van der Waals surface area contributed by atoms with Gasteiger partial charge in [-0.1, -0.05) is 31.4 Å². The van der Waals surface area contributed by atoms with E-state index in [1.807, 2.05) is 11.8 Å². The number of imidazole rings is 1. The molecule has 0 spiro atoms. The molecule has 1 aromatic carbocycles. The number of nitrogens with zero attached hydrogens (tertiary/aromatic N) is 2. The van der Waals surface area contributed by atoms with E-state index in [9.17, 15) is 0 Å². The summed E-state index contributed by atoms with van der Waals surface area (Å²) in [6.07, 6.45) is 8.88. The standard InChI is InChI=1S/C16H23N3S/c1-12-7-6-8-13-14(12)19(15(17)18-13)11-16(20-2)9-4-3-5-10-16/h6-8H,3-5,9-11H2,1-2H3,(H2,17,18). The summed E-state index contributed by atoms with van der Waals surface area (Å²) < 4.78 is 2.58. The maximum atomic E-state index is 6.20. The van der Waals surface area contributed by atoms with Crippen LogP contribution in [0.15, 0.2) is 18.2 Å². The first-order valence-electron chi connectivity index (χ1n) is 7.42. The third kappa shape index (κ3) is 2.30. The topological polar surface area (TPSA) is 43.8 Å². The summed E-state index contributed by atoms with van der Waals surface area (Å²) in [6, 6.07) is 6.26. The maximum absolute atomic E-state index is 6.20. The van der Waals surface area contributed by atoms with Crippen LogP contribution in [0, 0.1) is 6.92 Å². The third-order valence-corrected chi connectivity index (χ3v) is 6.05. The molecule has 1 heterocycles. The Kier molecular flexibility index (Phi) is 3.67. The number of anilines is 1. The van der Waals surface area contributed by atoms with Gasteiger partial charge in [0, 0.05) is 11.3 Å². The van der Waals surface area contributed by atoms with E-state index in [0.29, 0.717) is 10.7 Å². The molecule has 1 aliphatic rings. The summed E-state index contributed by atoms with van der Waals surface area (Å²) in [7, 11) is 0. The SMILES string of the molecule is CSC1(Cn2c(N)nc3cccc(C)c32)CCCCC1. The predicted octanol–water partition coefficient (Wildman–Crippen LogP) is 3.99. The van der Waals surface area contributed by atoms with Crippen LogP contribution in [0.2, 0.25) is 0 Å². The average Bonchev–Trinajstić information content (AvgIpc) is 2.77. The molecule has 0 radical (unpaired) electrons. The summed E-state index contributed by atoms with van der Waals surface area (Å²) in [4.78, 5) is 4.54. The summed E-state index contributed by atoms with van der Waals surface area (Å²) >= 11 is 2.01. The average molecular weight is 289 g/mol. The molecule has 0 amide bonds. The van der Waals surface area contributed by atoms with Gasteiger partial charge in [-0.15, -0.1) is 0 Å². The van der Waals surface area contributed by atoms with Crippen molar-refractivity contribution in [3.8, 4) is 0 Å². The van der Waals surface area contributed by atoms with Crippen LogP contribution in [0.4, 0.5) is 5.95 Å². The first-order chi connectivity index (χ1) is 9.65. The van der Waals surface area contributed by atoms with Gasteiger partial charge in [0.25, 0.3) is 0 Å². The minimum Gasteiger partial charge on any atom is -0.369 e. The Morgan fingerprint density at radius 1 is 1.30 bits per heavy atom. The van der Waals surface area contributed by atoms with E-state index in [1.54, 1.807) is 0 Å². The van der Waals surface area contributed by atoms with Crippen LogP contribution in [0.3, 0.4) is 0 Å². The molecule has 2 aromatic rings. The lowest BCUT2D eigenvalue weighted by Gasteiger charge is -2.36. The molecule has 3 nitrogen and oxygen atoms in total. The van der Waals surface area contributed by atoms with Gasteiger partial charge in [-0.25, -0.2) is 4.98 Å². The molecule has 1 fully saturated rings. The van der Waals surface area contributed by atoms with Crippen LogP contribution in [0.25, 0.3) is 11.0 Å². The maximum Gasteiger partial charge on any atom is 0.201 e. The Morgan fingerprint density at radius 3 is 2.75 bits per heavy atom. The Morgan fingerprint density at radius 2 is 2.05 bits per heavy atom. The lowest BCUT2D eigenvalue weighted by atomic mass is 9.88. The van der Waals surface area contributed by atoms with E-state index in [-0.39, 0.29) is 0 Å². The number of hydrogen-bond acceptors (Lipinski definition) is 3. The molecule has 0 aliphatic heterocycles. The van der Waals surface area contributed by atoms with Crippen molar-refractivity contribution in [1.82, 2.24) is 9.55 Å². The molecule has 2 N–H and O–H groups in total. The molecule has 1 saturated carbocycles. The number of rotatable bonds is 3. The van der Waals surface area contributed by atoms with Gasteiger partial charge in [-0.3, -0.25) is 0 Å². The van der Waals surface area contributed by atoms with E-state index in [2.05, 4.69) is 40.9 Å². The van der Waals surface area contributed by atoms with Crippen LogP contribution in [-0.4, -0.2) is 20.6 Å². The number of aryl methyl sites for hydroxylation is 1. The van der Waals surface area contributed by atoms with E-state index in [4.69, 9.17) is 5.73 Å². The first-order valence-corrected chi connectivity index (χ1v) is 8.64. The Balaban J connectivity index is 2.03. The third-order valence-electron chi connectivity index (χ3n) is 4.64. The zero-order valence-corrected chi connectivity index (χ0v) is 13.2. The summed E-state index contributed by atoms with van der Waals surface area (Å²) in [5.74, 6) is 0.660.